The summed E-state index contributed by atoms with van der Waals surface area (Å²) in [6.45, 7) is 0. The SMILES string of the molecule is [B]c1cc(F)ccc1S(=O)(=O)/N=C/N(C)C. The van der Waals surface area contributed by atoms with E-state index in [0.717, 1.165) is 24.5 Å². The maximum absolute atomic E-state index is 12.7. The Hall–Kier alpha value is -1.37. The molecule has 0 saturated carbocycles. The normalized spacial score (nSPS) is 11.9. The molecule has 0 fully saturated rings. The molecule has 0 saturated heterocycles. The minimum Gasteiger partial charge on any atom is -0.368 e. The van der Waals surface area contributed by atoms with Crippen molar-refractivity contribution < 1.29 is 12.8 Å². The number of halogens is 1. The second kappa shape index (κ2) is 4.65. The summed E-state index contributed by atoms with van der Waals surface area (Å²) < 4.78 is 39.4. The van der Waals surface area contributed by atoms with Crippen molar-refractivity contribution in [2.24, 2.45) is 4.40 Å². The Morgan fingerprint density at radius 2 is 2.06 bits per heavy atom. The molecule has 0 aliphatic carbocycles. The van der Waals surface area contributed by atoms with Crippen molar-refractivity contribution in [3.63, 3.8) is 0 Å². The van der Waals surface area contributed by atoms with Gasteiger partial charge in [0.2, 0.25) is 0 Å². The molecule has 0 N–H and O–H groups in total. The molecular formula is C9H10BFN2O2S. The van der Waals surface area contributed by atoms with Crippen LogP contribution in [0.5, 0.6) is 0 Å². The van der Waals surface area contributed by atoms with Gasteiger partial charge in [0.1, 0.15) is 20.0 Å². The second-order valence-corrected chi connectivity index (χ2v) is 4.94. The number of sulfonamides is 1. The predicted octanol–water partition coefficient (Wildman–Crippen LogP) is -0.102. The Morgan fingerprint density at radius 1 is 1.44 bits per heavy atom. The molecule has 84 valence electrons. The number of hydrogen-bond acceptors (Lipinski definition) is 2. The lowest BCUT2D eigenvalue weighted by atomic mass is 9.96. The molecule has 0 aliphatic rings. The van der Waals surface area contributed by atoms with E-state index >= 15 is 0 Å². The molecule has 1 rings (SSSR count). The zero-order valence-corrected chi connectivity index (χ0v) is 9.70. The summed E-state index contributed by atoms with van der Waals surface area (Å²) in [6, 6.07) is 3.06. The standard InChI is InChI=1S/C9H10BFN2O2S/c1-13(2)6-12-16(14,15)9-4-3-7(11)5-8(9)10/h3-6H,1-2H3/b12-6+. The van der Waals surface area contributed by atoms with Crippen molar-refractivity contribution in [2.75, 3.05) is 14.1 Å². The minimum atomic E-state index is -3.87. The number of benzene rings is 1. The summed E-state index contributed by atoms with van der Waals surface area (Å²) in [4.78, 5) is 1.27. The van der Waals surface area contributed by atoms with Gasteiger partial charge in [-0.3, -0.25) is 0 Å². The molecule has 4 nitrogen and oxygen atoms in total. The molecule has 16 heavy (non-hydrogen) atoms. The van der Waals surface area contributed by atoms with Gasteiger partial charge in [-0.1, -0.05) is 5.46 Å². The second-order valence-electron chi connectivity index (χ2n) is 3.34. The molecular weight excluding hydrogens is 230 g/mol. The predicted molar refractivity (Wildman–Crippen MR) is 61.2 cm³/mol. The monoisotopic (exact) mass is 240 g/mol. The van der Waals surface area contributed by atoms with Gasteiger partial charge < -0.3 is 4.90 Å². The molecule has 0 atom stereocenters. The van der Waals surface area contributed by atoms with E-state index in [1.165, 1.54) is 4.90 Å². The molecule has 0 heterocycles. The zero-order valence-electron chi connectivity index (χ0n) is 8.88. The molecule has 0 aliphatic heterocycles. The van der Waals surface area contributed by atoms with E-state index in [0.29, 0.717) is 0 Å². The Labute approximate surface area is 95.3 Å². The van der Waals surface area contributed by atoms with Crippen LogP contribution in [0.2, 0.25) is 0 Å². The third kappa shape index (κ3) is 3.06. The number of rotatable bonds is 3. The average Bonchev–Trinajstić information content (AvgIpc) is 2.14. The van der Waals surface area contributed by atoms with Gasteiger partial charge in [-0.05, 0) is 18.2 Å². The quantitative estimate of drug-likeness (QED) is 0.421. The molecule has 1 aromatic rings. The molecule has 0 spiro atoms. The third-order valence-corrected chi connectivity index (χ3v) is 2.97. The van der Waals surface area contributed by atoms with E-state index < -0.39 is 15.8 Å². The molecule has 1 aromatic carbocycles. The first-order chi connectivity index (χ1) is 7.33. The van der Waals surface area contributed by atoms with E-state index in [9.17, 15) is 12.8 Å². The van der Waals surface area contributed by atoms with Gasteiger partial charge in [-0.25, -0.2) is 4.39 Å². The topological polar surface area (TPSA) is 49.7 Å². The molecule has 0 amide bonds. The summed E-state index contributed by atoms with van der Waals surface area (Å²) in [5.41, 5.74) is -0.157. The fourth-order valence-electron chi connectivity index (χ4n) is 0.967. The van der Waals surface area contributed by atoms with Gasteiger partial charge >= 0.3 is 0 Å². The molecule has 0 aromatic heterocycles. The van der Waals surface area contributed by atoms with Crippen molar-refractivity contribution in [2.45, 2.75) is 4.90 Å². The van der Waals surface area contributed by atoms with E-state index in [4.69, 9.17) is 7.85 Å². The van der Waals surface area contributed by atoms with E-state index in [2.05, 4.69) is 4.40 Å². The van der Waals surface area contributed by atoms with Crippen LogP contribution in [0.25, 0.3) is 0 Å². The van der Waals surface area contributed by atoms with Gasteiger partial charge in [-0.2, -0.15) is 8.42 Å². The fourth-order valence-corrected chi connectivity index (χ4v) is 1.99. The van der Waals surface area contributed by atoms with Crippen LogP contribution in [0.15, 0.2) is 27.5 Å². The van der Waals surface area contributed by atoms with Gasteiger partial charge in [0.25, 0.3) is 10.0 Å². The molecule has 0 bridgehead atoms. The Morgan fingerprint density at radius 3 is 2.56 bits per heavy atom. The Kier molecular flexibility index (Phi) is 3.69. The largest absolute Gasteiger partial charge is 0.368 e. The maximum Gasteiger partial charge on any atom is 0.283 e. The summed E-state index contributed by atoms with van der Waals surface area (Å²) in [5.74, 6) is -0.590. The summed E-state index contributed by atoms with van der Waals surface area (Å²) in [7, 11) is 4.80. The highest BCUT2D eigenvalue weighted by Crippen LogP contribution is 2.09. The fraction of sp³-hybridized carbons (Fsp3) is 0.222. The van der Waals surface area contributed by atoms with Crippen LogP contribution in [0.4, 0.5) is 4.39 Å². The highest BCUT2D eigenvalue weighted by molar-refractivity contribution is 7.90. The molecule has 2 radical (unpaired) electrons. The lowest BCUT2D eigenvalue weighted by molar-refractivity contribution is 0.594. The van der Waals surface area contributed by atoms with Crippen molar-refractivity contribution in [3.8, 4) is 0 Å². The first kappa shape index (κ1) is 12.7. The molecule has 7 heteroatoms. The van der Waals surface area contributed by atoms with E-state index in [1.807, 2.05) is 0 Å². The van der Waals surface area contributed by atoms with Crippen molar-refractivity contribution in [1.82, 2.24) is 4.90 Å². The van der Waals surface area contributed by atoms with Gasteiger partial charge in [-0.15, -0.1) is 4.40 Å². The van der Waals surface area contributed by atoms with Crippen LogP contribution in [0, 0.1) is 5.82 Å². The van der Waals surface area contributed by atoms with Gasteiger partial charge in [0.15, 0.2) is 0 Å². The van der Waals surface area contributed by atoms with Crippen molar-refractivity contribution >= 4 is 29.7 Å². The van der Waals surface area contributed by atoms with Crippen molar-refractivity contribution in [3.05, 3.63) is 24.0 Å². The van der Waals surface area contributed by atoms with Gasteiger partial charge in [0.05, 0.1) is 4.90 Å². The lowest BCUT2D eigenvalue weighted by Gasteiger charge is -2.05. The minimum absolute atomic E-state index is 0.157. The van der Waals surface area contributed by atoms with Gasteiger partial charge in [0, 0.05) is 14.1 Å². The van der Waals surface area contributed by atoms with Crippen LogP contribution in [0.1, 0.15) is 0 Å². The summed E-state index contributed by atoms with van der Waals surface area (Å²) >= 11 is 0. The summed E-state index contributed by atoms with van der Waals surface area (Å²) in [5, 5.41) is 0. The van der Waals surface area contributed by atoms with Crippen molar-refractivity contribution in [1.29, 1.82) is 0 Å². The van der Waals surface area contributed by atoms with Crippen LogP contribution < -0.4 is 5.46 Å². The first-order valence-electron chi connectivity index (χ1n) is 4.35. The third-order valence-electron chi connectivity index (χ3n) is 1.67. The van der Waals surface area contributed by atoms with Crippen LogP contribution in [0.3, 0.4) is 0 Å². The highest BCUT2D eigenvalue weighted by atomic mass is 32.2. The Balaban J connectivity index is 3.18. The maximum atomic E-state index is 12.7. The van der Waals surface area contributed by atoms with Crippen LogP contribution in [-0.2, 0) is 10.0 Å². The highest BCUT2D eigenvalue weighted by Gasteiger charge is 2.14. The van der Waals surface area contributed by atoms with E-state index in [1.54, 1.807) is 14.1 Å². The molecule has 0 unspecified atom stereocenters. The smallest absolute Gasteiger partial charge is 0.283 e. The summed E-state index contributed by atoms with van der Waals surface area (Å²) in [6.07, 6.45) is 1.14. The number of nitrogens with zero attached hydrogens (tertiary/aromatic N) is 2. The van der Waals surface area contributed by atoms with Crippen LogP contribution >= 0.6 is 0 Å². The van der Waals surface area contributed by atoms with Crippen LogP contribution in [-0.4, -0.2) is 41.6 Å². The number of hydrogen-bond donors (Lipinski definition) is 0. The Bertz CT molecular complexity index is 514. The lowest BCUT2D eigenvalue weighted by Crippen LogP contribution is -2.16. The zero-order chi connectivity index (χ0) is 12.3. The average molecular weight is 240 g/mol. The van der Waals surface area contributed by atoms with E-state index in [-0.39, 0.29) is 10.4 Å². The first-order valence-corrected chi connectivity index (χ1v) is 5.79.